The lowest BCUT2D eigenvalue weighted by Gasteiger charge is -2.29. The third kappa shape index (κ3) is 3.53. The van der Waals surface area contributed by atoms with Gasteiger partial charge in [0.1, 0.15) is 5.82 Å². The molecule has 2 atom stereocenters. The fourth-order valence-corrected chi connectivity index (χ4v) is 2.72. The summed E-state index contributed by atoms with van der Waals surface area (Å²) in [6.45, 7) is 2.68. The minimum absolute atomic E-state index is 0.291. The molecule has 0 heterocycles. The molecule has 1 aromatic rings. The fraction of sp³-hybridized carbons (Fsp3) is 0.533. The van der Waals surface area contributed by atoms with E-state index in [1.807, 2.05) is 0 Å². The number of halogens is 1. The van der Waals surface area contributed by atoms with Crippen LogP contribution >= 0.6 is 0 Å². The molecular formula is C15H21FN2O. The highest BCUT2D eigenvalue weighted by Crippen LogP contribution is 2.24. The summed E-state index contributed by atoms with van der Waals surface area (Å²) < 4.78 is 13.7. The van der Waals surface area contributed by atoms with Crippen molar-refractivity contribution in [3.63, 3.8) is 0 Å². The zero-order valence-electron chi connectivity index (χ0n) is 11.3. The Bertz CT molecular complexity index is 461. The molecule has 2 unspecified atom stereocenters. The second kappa shape index (κ2) is 6.15. The molecule has 1 fully saturated rings. The summed E-state index contributed by atoms with van der Waals surface area (Å²) in [4.78, 5) is 11.1. The van der Waals surface area contributed by atoms with Crippen LogP contribution in [-0.2, 0) is 6.54 Å². The third-order valence-electron chi connectivity index (χ3n) is 4.00. The van der Waals surface area contributed by atoms with Crippen LogP contribution < -0.4 is 11.1 Å². The quantitative estimate of drug-likeness (QED) is 0.878. The SMILES string of the molecule is CC1CCCCC1NCc1cc(C(N)=O)ccc1F. The first kappa shape index (κ1) is 14.0. The fourth-order valence-electron chi connectivity index (χ4n) is 2.72. The summed E-state index contributed by atoms with van der Waals surface area (Å²) >= 11 is 0. The van der Waals surface area contributed by atoms with Crippen molar-refractivity contribution in [1.82, 2.24) is 5.32 Å². The van der Waals surface area contributed by atoms with Gasteiger partial charge >= 0.3 is 0 Å². The lowest BCUT2D eigenvalue weighted by molar-refractivity contribution is 0.1000. The third-order valence-corrected chi connectivity index (χ3v) is 4.00. The number of benzene rings is 1. The van der Waals surface area contributed by atoms with Crippen molar-refractivity contribution in [2.75, 3.05) is 0 Å². The predicted octanol–water partition coefficient (Wildman–Crippen LogP) is 2.59. The molecule has 3 N–H and O–H groups in total. The zero-order chi connectivity index (χ0) is 13.8. The summed E-state index contributed by atoms with van der Waals surface area (Å²) in [5.41, 5.74) is 6.08. The van der Waals surface area contributed by atoms with E-state index in [0.29, 0.717) is 29.6 Å². The lowest BCUT2D eigenvalue weighted by atomic mass is 9.86. The van der Waals surface area contributed by atoms with Gasteiger partial charge in [-0.05, 0) is 37.0 Å². The van der Waals surface area contributed by atoms with Crippen LogP contribution in [0, 0.1) is 11.7 Å². The number of nitrogens with two attached hydrogens (primary N) is 1. The van der Waals surface area contributed by atoms with Crippen molar-refractivity contribution in [3.05, 3.63) is 35.1 Å². The van der Waals surface area contributed by atoms with Crippen molar-refractivity contribution in [1.29, 1.82) is 0 Å². The van der Waals surface area contributed by atoms with Gasteiger partial charge in [-0.25, -0.2) is 4.39 Å². The molecule has 0 aromatic heterocycles. The summed E-state index contributed by atoms with van der Waals surface area (Å²) in [6.07, 6.45) is 4.87. The van der Waals surface area contributed by atoms with Gasteiger partial charge in [0.2, 0.25) is 5.91 Å². The molecule has 1 aliphatic carbocycles. The van der Waals surface area contributed by atoms with Crippen molar-refractivity contribution < 1.29 is 9.18 Å². The van der Waals surface area contributed by atoms with E-state index in [1.54, 1.807) is 0 Å². The first-order chi connectivity index (χ1) is 9.08. The first-order valence-corrected chi connectivity index (χ1v) is 6.89. The topological polar surface area (TPSA) is 55.1 Å². The Labute approximate surface area is 113 Å². The molecule has 0 saturated heterocycles. The number of carbonyl (C=O) groups excluding carboxylic acids is 1. The Morgan fingerprint density at radius 1 is 1.42 bits per heavy atom. The second-order valence-corrected chi connectivity index (χ2v) is 5.42. The van der Waals surface area contributed by atoms with Crippen molar-refractivity contribution in [2.24, 2.45) is 11.7 Å². The lowest BCUT2D eigenvalue weighted by Crippen LogP contribution is -2.36. The molecule has 0 bridgehead atoms. The van der Waals surface area contributed by atoms with Crippen LogP contribution in [0.2, 0.25) is 0 Å². The number of carbonyl (C=O) groups is 1. The monoisotopic (exact) mass is 264 g/mol. The van der Waals surface area contributed by atoms with Crippen molar-refractivity contribution >= 4 is 5.91 Å². The van der Waals surface area contributed by atoms with Crippen LogP contribution in [0.25, 0.3) is 0 Å². The van der Waals surface area contributed by atoms with Crippen LogP contribution in [0.5, 0.6) is 0 Å². The number of hydrogen-bond acceptors (Lipinski definition) is 2. The maximum Gasteiger partial charge on any atom is 0.248 e. The molecule has 1 aromatic carbocycles. The molecule has 19 heavy (non-hydrogen) atoms. The van der Waals surface area contributed by atoms with Crippen LogP contribution in [0.4, 0.5) is 4.39 Å². The van der Waals surface area contributed by atoms with E-state index in [-0.39, 0.29) is 5.82 Å². The predicted molar refractivity (Wildman–Crippen MR) is 73.2 cm³/mol. The van der Waals surface area contributed by atoms with E-state index in [4.69, 9.17) is 5.73 Å². The summed E-state index contributed by atoms with van der Waals surface area (Å²) in [5.74, 6) is -0.190. The van der Waals surface area contributed by atoms with E-state index in [0.717, 1.165) is 6.42 Å². The van der Waals surface area contributed by atoms with Gasteiger partial charge in [0, 0.05) is 23.7 Å². The second-order valence-electron chi connectivity index (χ2n) is 5.42. The zero-order valence-corrected chi connectivity index (χ0v) is 11.3. The van der Waals surface area contributed by atoms with E-state index < -0.39 is 5.91 Å². The van der Waals surface area contributed by atoms with E-state index in [1.165, 1.54) is 37.5 Å². The molecule has 1 amide bonds. The van der Waals surface area contributed by atoms with Crippen molar-refractivity contribution in [2.45, 2.75) is 45.2 Å². The molecule has 0 aliphatic heterocycles. The normalized spacial score (nSPS) is 23.3. The maximum absolute atomic E-state index is 13.7. The summed E-state index contributed by atoms with van der Waals surface area (Å²) in [6, 6.07) is 4.70. The van der Waals surface area contributed by atoms with Gasteiger partial charge in [-0.15, -0.1) is 0 Å². The minimum Gasteiger partial charge on any atom is -0.366 e. The molecule has 3 nitrogen and oxygen atoms in total. The molecule has 2 rings (SSSR count). The molecule has 1 saturated carbocycles. The molecule has 0 spiro atoms. The number of rotatable bonds is 4. The van der Waals surface area contributed by atoms with Gasteiger partial charge in [0.25, 0.3) is 0 Å². The summed E-state index contributed by atoms with van der Waals surface area (Å²) in [7, 11) is 0. The minimum atomic E-state index is -0.521. The molecule has 1 aliphatic rings. The number of primary amides is 1. The van der Waals surface area contributed by atoms with E-state index in [2.05, 4.69) is 12.2 Å². The van der Waals surface area contributed by atoms with Crippen LogP contribution in [-0.4, -0.2) is 11.9 Å². The van der Waals surface area contributed by atoms with E-state index in [9.17, 15) is 9.18 Å². The number of nitrogens with one attached hydrogen (secondary N) is 1. The number of amides is 1. The van der Waals surface area contributed by atoms with Gasteiger partial charge < -0.3 is 11.1 Å². The standard InChI is InChI=1S/C15H21FN2O/c1-10-4-2-3-5-14(10)18-9-12-8-11(15(17)19)6-7-13(12)16/h6-8,10,14,18H,2-5,9H2,1H3,(H2,17,19). The maximum atomic E-state index is 13.7. The molecule has 104 valence electrons. The highest BCUT2D eigenvalue weighted by Gasteiger charge is 2.20. The summed E-state index contributed by atoms with van der Waals surface area (Å²) in [5, 5.41) is 3.40. The first-order valence-electron chi connectivity index (χ1n) is 6.89. The van der Waals surface area contributed by atoms with Gasteiger partial charge in [0.05, 0.1) is 0 Å². The Morgan fingerprint density at radius 2 is 2.16 bits per heavy atom. The van der Waals surface area contributed by atoms with Gasteiger partial charge in [-0.3, -0.25) is 4.79 Å². The van der Waals surface area contributed by atoms with Crippen molar-refractivity contribution in [3.8, 4) is 0 Å². The van der Waals surface area contributed by atoms with E-state index >= 15 is 0 Å². The smallest absolute Gasteiger partial charge is 0.248 e. The highest BCUT2D eigenvalue weighted by atomic mass is 19.1. The number of hydrogen-bond donors (Lipinski definition) is 2. The molecule has 4 heteroatoms. The molecular weight excluding hydrogens is 243 g/mol. The Kier molecular flexibility index (Phi) is 4.53. The van der Waals surface area contributed by atoms with Crippen LogP contribution in [0.1, 0.15) is 48.5 Å². The van der Waals surface area contributed by atoms with Gasteiger partial charge in [-0.1, -0.05) is 19.8 Å². The Hall–Kier alpha value is -1.42. The molecule has 0 radical (unpaired) electrons. The van der Waals surface area contributed by atoms with Gasteiger partial charge in [0.15, 0.2) is 0 Å². The average Bonchev–Trinajstić information content (AvgIpc) is 2.39. The Balaban J connectivity index is 2.02. The van der Waals surface area contributed by atoms with Gasteiger partial charge in [-0.2, -0.15) is 0 Å². The van der Waals surface area contributed by atoms with Crippen LogP contribution in [0.15, 0.2) is 18.2 Å². The largest absolute Gasteiger partial charge is 0.366 e. The van der Waals surface area contributed by atoms with Crippen LogP contribution in [0.3, 0.4) is 0 Å². The highest BCUT2D eigenvalue weighted by molar-refractivity contribution is 5.92. The Morgan fingerprint density at radius 3 is 2.84 bits per heavy atom. The average molecular weight is 264 g/mol.